The van der Waals surface area contributed by atoms with E-state index in [9.17, 15) is 0 Å². The normalized spacial score (nSPS) is 22.8. The van der Waals surface area contributed by atoms with Gasteiger partial charge in [0.1, 0.15) is 5.82 Å². The second kappa shape index (κ2) is 14.7. The lowest BCUT2D eigenvalue weighted by molar-refractivity contribution is 0.0459. The molecule has 0 atom stereocenters. The smallest absolute Gasteiger partial charge is 0.133 e. The molecule has 2 heterocycles. The fourth-order valence-electron chi connectivity index (χ4n) is 8.00. The van der Waals surface area contributed by atoms with Gasteiger partial charge in [0.25, 0.3) is 0 Å². The highest BCUT2D eigenvalue weighted by Gasteiger charge is 2.50. The van der Waals surface area contributed by atoms with Crippen molar-refractivity contribution in [1.29, 1.82) is 0 Å². The van der Waals surface area contributed by atoms with Crippen molar-refractivity contribution in [2.24, 2.45) is 17.1 Å². The van der Waals surface area contributed by atoms with Crippen LogP contribution >= 0.6 is 11.3 Å². The Morgan fingerprint density at radius 1 is 0.933 bits per heavy atom. The van der Waals surface area contributed by atoms with Gasteiger partial charge >= 0.3 is 0 Å². The van der Waals surface area contributed by atoms with E-state index < -0.39 is 0 Å². The van der Waals surface area contributed by atoms with E-state index in [2.05, 4.69) is 67.6 Å². The lowest BCUT2D eigenvalue weighted by Crippen LogP contribution is -2.49. The zero-order valence-corrected chi connectivity index (χ0v) is 29.3. The van der Waals surface area contributed by atoms with Crippen LogP contribution < -0.4 is 10.6 Å². The number of benzene rings is 1. The average Bonchev–Trinajstić information content (AvgIpc) is 3.58. The van der Waals surface area contributed by atoms with Crippen molar-refractivity contribution in [3.05, 3.63) is 89.0 Å². The van der Waals surface area contributed by atoms with Gasteiger partial charge in [-0.25, -0.2) is 9.97 Å². The van der Waals surface area contributed by atoms with Gasteiger partial charge in [-0.15, -0.1) is 11.3 Å². The number of hydrogen-bond acceptors (Lipinski definition) is 5. The molecule has 3 aromatic rings. The summed E-state index contributed by atoms with van der Waals surface area (Å²) in [5, 5.41) is 1.20. The van der Waals surface area contributed by atoms with E-state index in [1.54, 1.807) is 5.56 Å². The largest absolute Gasteiger partial charge is 0.403 e. The molecular formula is C40H56N4S. The Kier molecular flexibility index (Phi) is 10.9. The Morgan fingerprint density at radius 3 is 2.20 bits per heavy atom. The summed E-state index contributed by atoms with van der Waals surface area (Å²) in [5.41, 5.74) is 13.7. The third kappa shape index (κ3) is 7.56. The summed E-state index contributed by atoms with van der Waals surface area (Å²) in [6.45, 7) is 18.0. The predicted molar refractivity (Wildman–Crippen MR) is 194 cm³/mol. The maximum absolute atomic E-state index is 5.10. The highest BCUT2D eigenvalue weighted by atomic mass is 32.1. The van der Waals surface area contributed by atoms with Crippen LogP contribution in [0.1, 0.15) is 120 Å². The number of allylic oxidation sites excluding steroid dienone is 2. The predicted octanol–water partition coefficient (Wildman–Crippen LogP) is 10.7. The van der Waals surface area contributed by atoms with Crippen LogP contribution in [-0.4, -0.2) is 16.5 Å². The van der Waals surface area contributed by atoms with Gasteiger partial charge in [-0.05, 0) is 129 Å². The van der Waals surface area contributed by atoms with E-state index in [0.29, 0.717) is 16.7 Å². The lowest BCUT2D eigenvalue weighted by atomic mass is 9.51. The highest BCUT2D eigenvalue weighted by Crippen LogP contribution is 2.58. The van der Waals surface area contributed by atoms with E-state index >= 15 is 0 Å². The molecule has 0 unspecified atom stereocenters. The Labute approximate surface area is 277 Å². The topological polar surface area (TPSA) is 55.0 Å². The molecule has 0 radical (unpaired) electrons. The van der Waals surface area contributed by atoms with E-state index in [0.717, 1.165) is 37.3 Å². The van der Waals surface area contributed by atoms with Crippen LogP contribution in [0, 0.1) is 18.3 Å². The maximum Gasteiger partial charge on any atom is 0.133 e. The molecule has 4 fully saturated rings. The van der Waals surface area contributed by atoms with Gasteiger partial charge in [0.05, 0.1) is 9.88 Å². The summed E-state index contributed by atoms with van der Waals surface area (Å²) >= 11 is 1.81. The Balaban J connectivity index is 0.000000743. The number of anilines is 1. The third-order valence-electron chi connectivity index (χ3n) is 11.3. The zero-order valence-electron chi connectivity index (χ0n) is 28.5. The molecular weight excluding hydrogens is 569 g/mol. The molecule has 0 aliphatic heterocycles. The first kappa shape index (κ1) is 33.4. The monoisotopic (exact) mass is 624 g/mol. The maximum atomic E-state index is 5.10. The number of hydrogen-bond donors (Lipinski definition) is 1. The van der Waals surface area contributed by atoms with Crippen molar-refractivity contribution in [3.63, 3.8) is 0 Å². The van der Waals surface area contributed by atoms with Crippen LogP contribution in [-0.2, 0) is 18.3 Å². The number of nitrogens with two attached hydrogens (primary N) is 1. The summed E-state index contributed by atoms with van der Waals surface area (Å²) in [5.74, 6) is 1.67. The van der Waals surface area contributed by atoms with Crippen LogP contribution in [0.15, 0.2) is 67.3 Å². The van der Waals surface area contributed by atoms with Crippen LogP contribution in [0.3, 0.4) is 0 Å². The minimum atomic E-state index is 0.356. The second-order valence-electron chi connectivity index (χ2n) is 14.1. The molecule has 0 amide bonds. The highest BCUT2D eigenvalue weighted by molar-refractivity contribution is 7.15. The summed E-state index contributed by atoms with van der Waals surface area (Å²) in [6, 6.07) is 11.8. The standard InChI is InChI=1S/C36H47N3S.C4H9N/c1-5-28-12-13-31(22-26(28)3)36-18-15-35(16-19-36,17-20-36)25-39(27(4)29-10-8-7-9-11-29)33-23-30(14-21-37-33)32-24-38-34(6-2)40-32;1-3-4(2)5/h12-14,21-24,29H,4-11,15-20,25H2,1-3H3;2-3,5H2,1H3. The molecule has 0 saturated heterocycles. The number of fused-ring (bicyclic) bond motifs is 3. The lowest BCUT2D eigenvalue weighted by Gasteiger charge is -2.55. The molecule has 7 rings (SSSR count). The van der Waals surface area contributed by atoms with Crippen molar-refractivity contribution in [2.75, 3.05) is 11.4 Å². The van der Waals surface area contributed by atoms with Gasteiger partial charge in [0.15, 0.2) is 0 Å². The van der Waals surface area contributed by atoms with Crippen molar-refractivity contribution < 1.29 is 0 Å². The average molecular weight is 625 g/mol. The molecule has 4 saturated carbocycles. The molecule has 4 aliphatic rings. The number of pyridine rings is 1. The summed E-state index contributed by atoms with van der Waals surface area (Å²) in [7, 11) is 0. The van der Waals surface area contributed by atoms with Crippen molar-refractivity contribution >= 4 is 17.2 Å². The fourth-order valence-corrected chi connectivity index (χ4v) is 8.86. The van der Waals surface area contributed by atoms with Crippen molar-refractivity contribution in [1.82, 2.24) is 9.97 Å². The van der Waals surface area contributed by atoms with E-state index in [-0.39, 0.29) is 0 Å². The fraction of sp³-hybridized carbons (Fsp3) is 0.550. The quantitative estimate of drug-likeness (QED) is 0.244. The Bertz CT molecular complexity index is 1440. The molecule has 2 bridgehead atoms. The second-order valence-corrected chi connectivity index (χ2v) is 15.2. The van der Waals surface area contributed by atoms with E-state index in [1.807, 2.05) is 30.7 Å². The number of thiazole rings is 1. The molecule has 4 nitrogen and oxygen atoms in total. The molecule has 0 spiro atoms. The molecule has 2 aromatic heterocycles. The van der Waals surface area contributed by atoms with Crippen LogP contribution in [0.5, 0.6) is 0 Å². The molecule has 1 aromatic carbocycles. The number of aromatic nitrogens is 2. The van der Waals surface area contributed by atoms with Gasteiger partial charge in [-0.3, -0.25) is 0 Å². The van der Waals surface area contributed by atoms with Gasteiger partial charge in [-0.2, -0.15) is 0 Å². The van der Waals surface area contributed by atoms with Crippen molar-refractivity contribution in [2.45, 2.75) is 123 Å². The minimum absolute atomic E-state index is 0.356. The molecule has 2 N–H and O–H groups in total. The number of rotatable bonds is 10. The van der Waals surface area contributed by atoms with Gasteiger partial charge < -0.3 is 10.6 Å². The molecule has 242 valence electrons. The van der Waals surface area contributed by atoms with Crippen molar-refractivity contribution in [3.8, 4) is 10.4 Å². The van der Waals surface area contributed by atoms with Gasteiger partial charge in [0, 0.05) is 30.3 Å². The molecule has 5 heteroatoms. The SMILES string of the molecule is C=C(C1CCCCC1)N(CC12CCC(c3ccc(CC)c(C)c3)(CC1)CC2)c1cc(-c2cnc(CC)s2)ccn1.C=C(N)CC. The van der Waals surface area contributed by atoms with Crippen LogP contribution in [0.4, 0.5) is 5.82 Å². The zero-order chi connectivity index (χ0) is 32.0. The Morgan fingerprint density at radius 2 is 1.62 bits per heavy atom. The summed E-state index contributed by atoms with van der Waals surface area (Å²) in [4.78, 5) is 13.4. The third-order valence-corrected chi connectivity index (χ3v) is 12.5. The first-order valence-corrected chi connectivity index (χ1v) is 18.4. The van der Waals surface area contributed by atoms with E-state index in [1.165, 1.54) is 103 Å². The Hall–Kier alpha value is -2.92. The van der Waals surface area contributed by atoms with Gasteiger partial charge in [-0.1, -0.05) is 71.4 Å². The number of aryl methyl sites for hydroxylation is 3. The first-order chi connectivity index (χ1) is 21.7. The minimum Gasteiger partial charge on any atom is -0.403 e. The molecule has 45 heavy (non-hydrogen) atoms. The number of nitrogens with zero attached hydrogens (tertiary/aromatic N) is 3. The van der Waals surface area contributed by atoms with Gasteiger partial charge in [0.2, 0.25) is 0 Å². The summed E-state index contributed by atoms with van der Waals surface area (Å²) < 4.78 is 0. The first-order valence-electron chi connectivity index (χ1n) is 17.6. The van der Waals surface area contributed by atoms with E-state index in [4.69, 9.17) is 17.3 Å². The van der Waals surface area contributed by atoms with Crippen LogP contribution in [0.2, 0.25) is 0 Å². The summed E-state index contributed by atoms with van der Waals surface area (Å²) in [6.07, 6.45) is 21.5. The van der Waals surface area contributed by atoms with Crippen LogP contribution in [0.25, 0.3) is 10.4 Å². The molecule has 4 aliphatic carbocycles.